The van der Waals surface area contributed by atoms with E-state index in [0.717, 1.165) is 12.8 Å². The Balaban J connectivity index is -0.000000415. The first-order chi connectivity index (χ1) is 14.4. The summed E-state index contributed by atoms with van der Waals surface area (Å²) in [5, 5.41) is 50.0. The van der Waals surface area contributed by atoms with Gasteiger partial charge in [-0.1, -0.05) is 0 Å². The maximum atomic E-state index is 10.2. The largest absolute Gasteiger partial charge is 0.478 e. The summed E-state index contributed by atoms with van der Waals surface area (Å²) in [6, 6.07) is 0. The van der Waals surface area contributed by atoms with E-state index in [1.807, 2.05) is 0 Å². The Morgan fingerprint density at radius 1 is 0.742 bits per heavy atom. The number of aliphatic hydroxyl groups is 2. The predicted molar refractivity (Wildman–Crippen MR) is 108 cm³/mol. The van der Waals surface area contributed by atoms with E-state index in [-0.39, 0.29) is 19.8 Å². The highest BCUT2D eigenvalue weighted by Crippen LogP contribution is 2.19. The normalized spacial score (nSPS) is 10.7. The first-order valence-electron chi connectivity index (χ1n) is 9.03. The molecule has 13 nitrogen and oxygen atoms in total. The SMILES string of the molecule is NCCCC(O)(CCCN)COCCO.O=C(O)/C=C\C(=O)O.O=C(O)/C=C\C(=O)O. The van der Waals surface area contributed by atoms with E-state index in [2.05, 4.69) is 0 Å². The van der Waals surface area contributed by atoms with Gasteiger partial charge in [-0.2, -0.15) is 0 Å². The van der Waals surface area contributed by atoms with Crippen LogP contribution in [0.25, 0.3) is 0 Å². The molecule has 0 amide bonds. The molecule has 0 aromatic heterocycles. The van der Waals surface area contributed by atoms with Gasteiger partial charge < -0.3 is 46.8 Å². The summed E-state index contributed by atoms with van der Waals surface area (Å²) in [5.74, 6) is -5.03. The first-order valence-corrected chi connectivity index (χ1v) is 9.03. The van der Waals surface area contributed by atoms with Crippen molar-refractivity contribution >= 4 is 23.9 Å². The monoisotopic (exact) mass is 452 g/mol. The smallest absolute Gasteiger partial charge is 0.328 e. The second-order valence-electron chi connectivity index (χ2n) is 5.80. The average molecular weight is 452 g/mol. The quantitative estimate of drug-likeness (QED) is 0.112. The molecule has 0 fully saturated rings. The van der Waals surface area contributed by atoms with Gasteiger partial charge in [-0.15, -0.1) is 0 Å². The van der Waals surface area contributed by atoms with Crippen LogP contribution in [0, 0.1) is 0 Å². The zero-order valence-electron chi connectivity index (χ0n) is 17.1. The van der Waals surface area contributed by atoms with Crippen LogP contribution in [0.2, 0.25) is 0 Å². The van der Waals surface area contributed by atoms with Crippen molar-refractivity contribution in [1.82, 2.24) is 0 Å². The molecule has 0 bridgehead atoms. The number of carbonyl (C=O) groups is 4. The molecule has 0 aliphatic heterocycles. The Labute approximate surface area is 179 Å². The van der Waals surface area contributed by atoms with Crippen molar-refractivity contribution in [2.75, 3.05) is 32.9 Å². The lowest BCUT2D eigenvalue weighted by Crippen LogP contribution is -2.36. The number of hydrogen-bond donors (Lipinski definition) is 8. The number of ether oxygens (including phenoxy) is 1. The summed E-state index contributed by atoms with van der Waals surface area (Å²) in [6.07, 6.45) is 5.01. The molecule has 0 saturated carbocycles. The Morgan fingerprint density at radius 3 is 1.29 bits per heavy atom. The molecule has 0 aromatic carbocycles. The van der Waals surface area contributed by atoms with E-state index in [4.69, 9.17) is 41.7 Å². The maximum absolute atomic E-state index is 10.2. The molecule has 0 spiro atoms. The van der Waals surface area contributed by atoms with Crippen LogP contribution in [0.1, 0.15) is 25.7 Å². The molecule has 31 heavy (non-hydrogen) atoms. The van der Waals surface area contributed by atoms with Crippen molar-refractivity contribution in [3.63, 3.8) is 0 Å². The van der Waals surface area contributed by atoms with Gasteiger partial charge in [-0.3, -0.25) is 0 Å². The number of aliphatic hydroxyl groups excluding tert-OH is 1. The fourth-order valence-corrected chi connectivity index (χ4v) is 1.74. The topological polar surface area (TPSA) is 251 Å². The minimum absolute atomic E-state index is 0.0240. The molecule has 0 aromatic rings. The second kappa shape index (κ2) is 21.9. The number of nitrogens with two attached hydrogens (primary N) is 2. The Morgan fingerprint density at radius 2 is 1.06 bits per heavy atom. The maximum Gasteiger partial charge on any atom is 0.328 e. The highest BCUT2D eigenvalue weighted by molar-refractivity contribution is 5.90. The molecule has 0 atom stereocenters. The first kappa shape index (κ1) is 32.8. The fraction of sp³-hybridized carbons (Fsp3) is 0.556. The van der Waals surface area contributed by atoms with Gasteiger partial charge in [0.1, 0.15) is 0 Å². The van der Waals surface area contributed by atoms with Crippen molar-refractivity contribution in [3.05, 3.63) is 24.3 Å². The van der Waals surface area contributed by atoms with E-state index in [9.17, 15) is 24.3 Å². The predicted octanol–water partition coefficient (Wildman–Crippen LogP) is -1.37. The van der Waals surface area contributed by atoms with E-state index in [1.165, 1.54) is 0 Å². The zero-order chi connectivity index (χ0) is 24.7. The van der Waals surface area contributed by atoms with Crippen molar-refractivity contribution in [3.8, 4) is 0 Å². The molecule has 0 unspecified atom stereocenters. The summed E-state index contributed by atoms with van der Waals surface area (Å²) in [5.41, 5.74) is 9.97. The van der Waals surface area contributed by atoms with Gasteiger partial charge >= 0.3 is 23.9 Å². The summed E-state index contributed by atoms with van der Waals surface area (Å²) < 4.78 is 5.16. The minimum Gasteiger partial charge on any atom is -0.478 e. The minimum atomic E-state index is -1.26. The number of carboxylic acid groups (broad SMARTS) is 4. The molecular formula is C18H32N2O11. The summed E-state index contributed by atoms with van der Waals surface area (Å²) in [6.45, 7) is 1.60. The second-order valence-corrected chi connectivity index (χ2v) is 5.80. The standard InChI is InChI=1S/C10H24N2O3.2C4H4O4/c11-5-1-3-10(14,4-2-6-12)9-15-8-7-13;2*5-3(6)1-2-4(7)8/h13-14H,1-9,11-12H2;2*1-2H,(H,5,6)(H,7,8)/b;2*2-1-. The summed E-state index contributed by atoms with van der Waals surface area (Å²) in [7, 11) is 0. The van der Waals surface area contributed by atoms with Crippen LogP contribution in [0.4, 0.5) is 0 Å². The number of aliphatic carboxylic acids is 4. The van der Waals surface area contributed by atoms with Crippen LogP contribution in [-0.2, 0) is 23.9 Å². The van der Waals surface area contributed by atoms with Gasteiger partial charge in [0.15, 0.2) is 0 Å². The number of rotatable bonds is 14. The molecule has 0 heterocycles. The lowest BCUT2D eigenvalue weighted by atomic mass is 9.93. The molecule has 180 valence electrons. The van der Waals surface area contributed by atoms with Gasteiger partial charge in [0.2, 0.25) is 0 Å². The van der Waals surface area contributed by atoms with Crippen LogP contribution in [0.5, 0.6) is 0 Å². The highest BCUT2D eigenvalue weighted by Gasteiger charge is 2.25. The van der Waals surface area contributed by atoms with E-state index >= 15 is 0 Å². The summed E-state index contributed by atoms with van der Waals surface area (Å²) >= 11 is 0. The average Bonchev–Trinajstić information content (AvgIpc) is 2.69. The van der Waals surface area contributed by atoms with Gasteiger partial charge in [0.25, 0.3) is 0 Å². The fourth-order valence-electron chi connectivity index (χ4n) is 1.74. The third kappa shape index (κ3) is 32.1. The third-order valence-corrected chi connectivity index (χ3v) is 3.04. The molecule has 10 N–H and O–H groups in total. The Hall–Kier alpha value is -2.84. The van der Waals surface area contributed by atoms with Crippen molar-refractivity contribution in [1.29, 1.82) is 0 Å². The van der Waals surface area contributed by atoms with Gasteiger partial charge in [0, 0.05) is 24.3 Å². The van der Waals surface area contributed by atoms with Crippen molar-refractivity contribution < 1.29 is 54.6 Å². The van der Waals surface area contributed by atoms with Crippen LogP contribution >= 0.6 is 0 Å². The van der Waals surface area contributed by atoms with Gasteiger partial charge in [-0.05, 0) is 38.8 Å². The zero-order valence-corrected chi connectivity index (χ0v) is 17.1. The Bertz CT molecular complexity index is 503. The van der Waals surface area contributed by atoms with Crippen LogP contribution < -0.4 is 11.5 Å². The molecular weight excluding hydrogens is 420 g/mol. The lowest BCUT2D eigenvalue weighted by Gasteiger charge is -2.27. The molecule has 0 rings (SSSR count). The molecule has 13 heteroatoms. The van der Waals surface area contributed by atoms with E-state index in [1.54, 1.807) is 0 Å². The third-order valence-electron chi connectivity index (χ3n) is 3.04. The highest BCUT2D eigenvalue weighted by atomic mass is 16.5. The number of carboxylic acids is 4. The van der Waals surface area contributed by atoms with Crippen LogP contribution in [0.15, 0.2) is 24.3 Å². The van der Waals surface area contributed by atoms with Crippen molar-refractivity contribution in [2.45, 2.75) is 31.3 Å². The molecule has 0 radical (unpaired) electrons. The summed E-state index contributed by atoms with van der Waals surface area (Å²) in [4.78, 5) is 38.2. The van der Waals surface area contributed by atoms with Crippen LogP contribution in [-0.4, -0.2) is 93.0 Å². The van der Waals surface area contributed by atoms with Gasteiger partial charge in [0.05, 0.1) is 25.4 Å². The Kier molecular flexibility index (Phi) is 23.1. The van der Waals surface area contributed by atoms with Crippen LogP contribution in [0.3, 0.4) is 0 Å². The lowest BCUT2D eigenvalue weighted by molar-refractivity contribution is -0.134. The van der Waals surface area contributed by atoms with Crippen molar-refractivity contribution in [2.24, 2.45) is 11.5 Å². The van der Waals surface area contributed by atoms with E-state index in [0.29, 0.717) is 50.2 Å². The molecule has 0 aliphatic carbocycles. The van der Waals surface area contributed by atoms with E-state index < -0.39 is 29.5 Å². The number of hydrogen-bond acceptors (Lipinski definition) is 9. The molecule has 0 aliphatic rings. The molecule has 0 saturated heterocycles. The van der Waals surface area contributed by atoms with Gasteiger partial charge in [-0.25, -0.2) is 19.2 Å².